The van der Waals surface area contributed by atoms with Gasteiger partial charge in [0.2, 0.25) is 5.91 Å². The molecule has 2 heterocycles. The predicted octanol–water partition coefficient (Wildman–Crippen LogP) is 5.35. The normalized spacial score (nSPS) is 11.9. The van der Waals surface area contributed by atoms with Gasteiger partial charge in [-0.15, -0.1) is 21.5 Å². The van der Waals surface area contributed by atoms with Gasteiger partial charge in [-0.3, -0.25) is 9.36 Å². The highest BCUT2D eigenvalue weighted by Crippen LogP contribution is 2.28. The van der Waals surface area contributed by atoms with Gasteiger partial charge in [-0.1, -0.05) is 30.0 Å². The number of ether oxygens (including phenoxy) is 1. The molecule has 4 aromatic rings. The van der Waals surface area contributed by atoms with Gasteiger partial charge in [0.05, 0.1) is 11.4 Å². The Labute approximate surface area is 199 Å². The molecule has 1 amide bonds. The molecule has 1 N–H and O–H groups in total. The second kappa shape index (κ2) is 10.1. The Kier molecular flexibility index (Phi) is 7.05. The molecule has 0 aliphatic heterocycles. The Morgan fingerprint density at radius 3 is 2.55 bits per heavy atom. The van der Waals surface area contributed by atoms with Crippen molar-refractivity contribution in [3.05, 3.63) is 76.8 Å². The molecule has 10 heteroatoms. The molecule has 0 spiro atoms. The first-order valence-electron chi connectivity index (χ1n) is 10.2. The Morgan fingerprint density at radius 2 is 1.88 bits per heavy atom. The molecule has 0 fully saturated rings. The molecule has 4 rings (SSSR count). The van der Waals surface area contributed by atoms with Gasteiger partial charge in [-0.2, -0.15) is 0 Å². The standard InChI is InChI=1S/C23H22FN5O2S2/c1-14-16(3)33-22(25-14)26-20(30)13-32-23-28-27-21(29(23)18-7-5-4-6-8-18)15(2)31-19-11-9-17(24)10-12-19/h4-12,15H,13H2,1-3H3,(H,25,26,30). The van der Waals surface area contributed by atoms with Crippen LogP contribution in [0, 0.1) is 19.7 Å². The topological polar surface area (TPSA) is 81.9 Å². The molecule has 0 aliphatic carbocycles. The number of hydrogen-bond acceptors (Lipinski definition) is 7. The first kappa shape index (κ1) is 22.9. The van der Waals surface area contributed by atoms with Gasteiger partial charge in [-0.05, 0) is 57.2 Å². The van der Waals surface area contributed by atoms with Crippen LogP contribution in [0.3, 0.4) is 0 Å². The van der Waals surface area contributed by atoms with Crippen LogP contribution in [0.2, 0.25) is 0 Å². The maximum Gasteiger partial charge on any atom is 0.236 e. The number of carbonyl (C=O) groups is 1. The number of nitrogens with one attached hydrogen (secondary N) is 1. The zero-order chi connectivity index (χ0) is 23.4. The molecular formula is C23H22FN5O2S2. The highest BCUT2D eigenvalue weighted by atomic mass is 32.2. The summed E-state index contributed by atoms with van der Waals surface area (Å²) in [5.41, 5.74) is 1.76. The van der Waals surface area contributed by atoms with E-state index in [-0.39, 0.29) is 17.5 Å². The molecule has 0 aliphatic rings. The maximum atomic E-state index is 13.2. The van der Waals surface area contributed by atoms with Crippen LogP contribution in [-0.4, -0.2) is 31.4 Å². The quantitative estimate of drug-likeness (QED) is 0.340. The highest BCUT2D eigenvalue weighted by Gasteiger charge is 2.22. The lowest BCUT2D eigenvalue weighted by Gasteiger charge is -2.16. The van der Waals surface area contributed by atoms with E-state index in [2.05, 4.69) is 20.5 Å². The number of thiazole rings is 1. The first-order chi connectivity index (χ1) is 15.9. The fourth-order valence-electron chi connectivity index (χ4n) is 3.04. The van der Waals surface area contributed by atoms with Crippen LogP contribution >= 0.6 is 23.1 Å². The summed E-state index contributed by atoms with van der Waals surface area (Å²) in [5, 5.41) is 12.6. The number of nitrogens with zero attached hydrogens (tertiary/aromatic N) is 4. The smallest absolute Gasteiger partial charge is 0.236 e. The third kappa shape index (κ3) is 5.58. The van der Waals surface area contributed by atoms with Crippen LogP contribution < -0.4 is 10.1 Å². The van der Waals surface area contributed by atoms with E-state index in [1.807, 2.05) is 55.7 Å². The number of thioether (sulfide) groups is 1. The van der Waals surface area contributed by atoms with E-state index in [4.69, 9.17) is 4.74 Å². The van der Waals surface area contributed by atoms with Gasteiger partial charge in [0.1, 0.15) is 11.6 Å². The van der Waals surface area contributed by atoms with E-state index in [0.717, 1.165) is 16.3 Å². The molecule has 2 aromatic carbocycles. The van der Waals surface area contributed by atoms with E-state index in [1.165, 1.54) is 35.2 Å². The summed E-state index contributed by atoms with van der Waals surface area (Å²) in [4.78, 5) is 17.9. The lowest BCUT2D eigenvalue weighted by molar-refractivity contribution is -0.113. The number of rotatable bonds is 8. The van der Waals surface area contributed by atoms with E-state index in [1.54, 1.807) is 12.1 Å². The van der Waals surface area contributed by atoms with Gasteiger partial charge in [0.15, 0.2) is 22.2 Å². The fraction of sp³-hybridized carbons (Fsp3) is 0.217. The SMILES string of the molecule is Cc1nc(NC(=O)CSc2nnc(C(C)Oc3ccc(F)cc3)n2-c2ccccc2)sc1C. The molecule has 0 saturated heterocycles. The maximum absolute atomic E-state index is 13.2. The number of aromatic nitrogens is 4. The molecule has 0 bridgehead atoms. The molecule has 1 unspecified atom stereocenters. The summed E-state index contributed by atoms with van der Waals surface area (Å²) in [7, 11) is 0. The number of benzene rings is 2. The van der Waals surface area contributed by atoms with Crippen molar-refractivity contribution < 1.29 is 13.9 Å². The number of halogens is 1. The largest absolute Gasteiger partial charge is 0.483 e. The summed E-state index contributed by atoms with van der Waals surface area (Å²) >= 11 is 2.72. The van der Waals surface area contributed by atoms with E-state index in [9.17, 15) is 9.18 Å². The van der Waals surface area contributed by atoms with Crippen molar-refractivity contribution in [1.82, 2.24) is 19.7 Å². The summed E-state index contributed by atoms with van der Waals surface area (Å²) in [6.07, 6.45) is -0.465. The molecule has 7 nitrogen and oxygen atoms in total. The second-order valence-electron chi connectivity index (χ2n) is 7.22. The van der Waals surface area contributed by atoms with Crippen molar-refractivity contribution in [2.24, 2.45) is 0 Å². The van der Waals surface area contributed by atoms with Crippen LogP contribution in [0.4, 0.5) is 9.52 Å². The molecular weight excluding hydrogens is 461 g/mol. The minimum absolute atomic E-state index is 0.149. The van der Waals surface area contributed by atoms with Gasteiger partial charge in [0.25, 0.3) is 0 Å². The van der Waals surface area contributed by atoms with Crippen molar-refractivity contribution in [2.45, 2.75) is 32.0 Å². The van der Waals surface area contributed by atoms with Crippen molar-refractivity contribution >= 4 is 34.1 Å². The fourth-order valence-corrected chi connectivity index (χ4v) is 4.63. The Hall–Kier alpha value is -3.24. The predicted molar refractivity (Wildman–Crippen MR) is 128 cm³/mol. The average molecular weight is 484 g/mol. The number of para-hydroxylation sites is 1. The van der Waals surface area contributed by atoms with E-state index >= 15 is 0 Å². The molecule has 170 valence electrons. The third-order valence-electron chi connectivity index (χ3n) is 4.77. The third-order valence-corrected chi connectivity index (χ3v) is 6.69. The van der Waals surface area contributed by atoms with E-state index < -0.39 is 6.10 Å². The molecule has 2 aromatic heterocycles. The lowest BCUT2D eigenvalue weighted by Crippen LogP contribution is -2.15. The summed E-state index contributed by atoms with van der Waals surface area (Å²) < 4.78 is 21.1. The van der Waals surface area contributed by atoms with Crippen LogP contribution in [0.1, 0.15) is 29.4 Å². The minimum atomic E-state index is -0.465. The van der Waals surface area contributed by atoms with Gasteiger partial charge in [0, 0.05) is 10.6 Å². The highest BCUT2D eigenvalue weighted by molar-refractivity contribution is 7.99. The van der Waals surface area contributed by atoms with Crippen LogP contribution in [0.25, 0.3) is 5.69 Å². The molecule has 1 atom stereocenters. The van der Waals surface area contributed by atoms with Crippen LogP contribution in [0.15, 0.2) is 59.8 Å². The summed E-state index contributed by atoms with van der Waals surface area (Å²) in [6.45, 7) is 5.73. The summed E-state index contributed by atoms with van der Waals surface area (Å²) in [6, 6.07) is 15.4. The Bertz CT molecular complexity index is 1220. The van der Waals surface area contributed by atoms with Crippen molar-refractivity contribution in [2.75, 3.05) is 11.1 Å². The Balaban J connectivity index is 1.53. The zero-order valence-corrected chi connectivity index (χ0v) is 19.9. The number of carbonyl (C=O) groups excluding carboxylic acids is 1. The molecule has 33 heavy (non-hydrogen) atoms. The van der Waals surface area contributed by atoms with Crippen LogP contribution in [-0.2, 0) is 4.79 Å². The van der Waals surface area contributed by atoms with E-state index in [0.29, 0.717) is 21.9 Å². The van der Waals surface area contributed by atoms with Gasteiger partial charge < -0.3 is 10.1 Å². The monoisotopic (exact) mass is 483 g/mol. The second-order valence-corrected chi connectivity index (χ2v) is 9.37. The molecule has 0 saturated carbocycles. The number of aryl methyl sites for hydroxylation is 2. The Morgan fingerprint density at radius 1 is 1.15 bits per heavy atom. The first-order valence-corrected chi connectivity index (χ1v) is 12.0. The van der Waals surface area contributed by atoms with Crippen molar-refractivity contribution in [1.29, 1.82) is 0 Å². The average Bonchev–Trinajstić information content (AvgIpc) is 3.37. The number of anilines is 1. The molecule has 0 radical (unpaired) electrons. The lowest BCUT2D eigenvalue weighted by atomic mass is 10.3. The summed E-state index contributed by atoms with van der Waals surface area (Å²) in [5.74, 6) is 0.736. The van der Waals surface area contributed by atoms with Crippen molar-refractivity contribution in [3.63, 3.8) is 0 Å². The number of hydrogen-bond donors (Lipinski definition) is 1. The minimum Gasteiger partial charge on any atom is -0.483 e. The number of amides is 1. The van der Waals surface area contributed by atoms with Gasteiger partial charge >= 0.3 is 0 Å². The van der Waals surface area contributed by atoms with Gasteiger partial charge in [-0.25, -0.2) is 9.37 Å². The zero-order valence-electron chi connectivity index (χ0n) is 18.3. The van der Waals surface area contributed by atoms with Crippen molar-refractivity contribution in [3.8, 4) is 11.4 Å². The van der Waals surface area contributed by atoms with Crippen LogP contribution in [0.5, 0.6) is 5.75 Å².